The van der Waals surface area contributed by atoms with Gasteiger partial charge in [0.25, 0.3) is 0 Å². The quantitative estimate of drug-likeness (QED) is 0.413. The Balaban J connectivity index is 1.39. The van der Waals surface area contributed by atoms with Gasteiger partial charge < -0.3 is 10.1 Å². The summed E-state index contributed by atoms with van der Waals surface area (Å²) in [6.07, 6.45) is 1.56. The number of thioether (sulfide) groups is 1. The number of amides is 1. The molecular weight excluding hydrogens is 444 g/mol. The lowest BCUT2D eigenvalue weighted by molar-refractivity contribution is -0.113. The first-order chi connectivity index (χ1) is 15.0. The van der Waals surface area contributed by atoms with Gasteiger partial charge in [0.1, 0.15) is 12.1 Å². The maximum Gasteiger partial charge on any atom is 0.236 e. The first kappa shape index (κ1) is 20.9. The van der Waals surface area contributed by atoms with Crippen molar-refractivity contribution in [3.8, 4) is 22.7 Å². The molecule has 0 fully saturated rings. The van der Waals surface area contributed by atoms with Gasteiger partial charge in [-0.05, 0) is 30.3 Å². The Morgan fingerprint density at radius 1 is 1.23 bits per heavy atom. The summed E-state index contributed by atoms with van der Waals surface area (Å²) < 4.78 is 33.5. The fraction of sp³-hybridized carbons (Fsp3) is 0.100. The lowest BCUT2D eigenvalue weighted by Crippen LogP contribution is -2.14. The van der Waals surface area contributed by atoms with E-state index in [1.54, 1.807) is 23.4 Å². The summed E-state index contributed by atoms with van der Waals surface area (Å²) in [5.41, 5.74) is 1.68. The van der Waals surface area contributed by atoms with Crippen LogP contribution in [0.15, 0.2) is 59.3 Å². The topological polar surface area (TPSA) is 81.9 Å². The number of ether oxygens (including phenoxy) is 1. The van der Waals surface area contributed by atoms with Crippen molar-refractivity contribution in [2.24, 2.45) is 0 Å². The molecule has 0 saturated heterocycles. The predicted octanol–water partition coefficient (Wildman–Crippen LogP) is 4.41. The van der Waals surface area contributed by atoms with Crippen molar-refractivity contribution in [1.82, 2.24) is 19.7 Å². The highest BCUT2D eigenvalue weighted by Crippen LogP contribution is 2.27. The van der Waals surface area contributed by atoms with Gasteiger partial charge in [-0.25, -0.2) is 13.8 Å². The van der Waals surface area contributed by atoms with Crippen molar-refractivity contribution in [1.29, 1.82) is 0 Å². The number of thiazole rings is 1. The molecule has 0 radical (unpaired) electrons. The van der Waals surface area contributed by atoms with E-state index >= 15 is 0 Å². The van der Waals surface area contributed by atoms with E-state index in [0.29, 0.717) is 27.3 Å². The lowest BCUT2D eigenvalue weighted by Gasteiger charge is -2.07. The number of carbonyl (C=O) groups is 1. The third kappa shape index (κ3) is 4.89. The van der Waals surface area contributed by atoms with Crippen LogP contribution in [0.4, 0.5) is 13.9 Å². The number of hydrogen-bond donors (Lipinski definition) is 1. The molecule has 1 amide bonds. The molecule has 1 N–H and O–H groups in total. The number of halogens is 2. The highest BCUT2D eigenvalue weighted by molar-refractivity contribution is 7.99. The van der Waals surface area contributed by atoms with E-state index in [1.807, 2.05) is 24.3 Å². The van der Waals surface area contributed by atoms with Gasteiger partial charge in [-0.15, -0.1) is 21.5 Å². The summed E-state index contributed by atoms with van der Waals surface area (Å²) in [6, 6.07) is 10.9. The highest BCUT2D eigenvalue weighted by atomic mass is 32.2. The molecule has 0 aliphatic heterocycles. The van der Waals surface area contributed by atoms with Gasteiger partial charge in [0.15, 0.2) is 21.9 Å². The molecule has 2 heterocycles. The summed E-state index contributed by atoms with van der Waals surface area (Å²) >= 11 is 2.41. The summed E-state index contributed by atoms with van der Waals surface area (Å²) in [5, 5.41) is 13.2. The van der Waals surface area contributed by atoms with E-state index in [0.717, 1.165) is 17.8 Å². The molecular formula is C20H15F2N5O2S2. The molecule has 4 rings (SSSR count). The molecule has 7 nitrogen and oxygen atoms in total. The average molecular weight is 460 g/mol. The zero-order valence-electron chi connectivity index (χ0n) is 16.1. The largest absolute Gasteiger partial charge is 0.497 e. The van der Waals surface area contributed by atoms with Crippen molar-refractivity contribution in [3.63, 3.8) is 0 Å². The molecule has 0 unspecified atom stereocenters. The monoisotopic (exact) mass is 459 g/mol. The normalized spacial score (nSPS) is 10.8. The number of benzene rings is 2. The van der Waals surface area contributed by atoms with Crippen LogP contribution in [0.2, 0.25) is 0 Å². The van der Waals surface area contributed by atoms with E-state index in [1.165, 1.54) is 29.2 Å². The zero-order chi connectivity index (χ0) is 21.8. The molecule has 4 aromatic rings. The van der Waals surface area contributed by atoms with Crippen LogP contribution in [0.1, 0.15) is 0 Å². The summed E-state index contributed by atoms with van der Waals surface area (Å²) in [7, 11) is 1.59. The number of anilines is 1. The van der Waals surface area contributed by atoms with Crippen molar-refractivity contribution in [2.45, 2.75) is 5.16 Å². The number of rotatable bonds is 7. The van der Waals surface area contributed by atoms with Crippen LogP contribution in [0.25, 0.3) is 16.9 Å². The standard InChI is InChI=1S/C20H15F2N5O2S2/c1-29-14-4-2-3-13(8-14)27-11-23-26-20(27)31-10-18(28)25-19-24-17(9-30-19)12-5-6-15(21)16(22)7-12/h2-9,11H,10H2,1H3,(H,24,25,28). The van der Waals surface area contributed by atoms with E-state index < -0.39 is 11.6 Å². The molecule has 0 saturated carbocycles. The Labute approximate surface area is 184 Å². The van der Waals surface area contributed by atoms with Crippen LogP contribution >= 0.6 is 23.1 Å². The van der Waals surface area contributed by atoms with Crippen molar-refractivity contribution in [2.75, 3.05) is 18.2 Å². The van der Waals surface area contributed by atoms with Gasteiger partial charge in [-0.1, -0.05) is 17.8 Å². The second kappa shape index (κ2) is 9.23. The molecule has 0 aliphatic carbocycles. The van der Waals surface area contributed by atoms with E-state index in [2.05, 4.69) is 20.5 Å². The average Bonchev–Trinajstić information content (AvgIpc) is 3.44. The molecule has 158 valence electrons. The Hall–Kier alpha value is -3.31. The number of aromatic nitrogens is 4. The van der Waals surface area contributed by atoms with E-state index in [9.17, 15) is 13.6 Å². The van der Waals surface area contributed by atoms with Crippen LogP contribution in [-0.4, -0.2) is 38.5 Å². The van der Waals surface area contributed by atoms with Gasteiger partial charge >= 0.3 is 0 Å². The molecule has 2 aromatic carbocycles. The van der Waals surface area contributed by atoms with Crippen molar-refractivity contribution < 1.29 is 18.3 Å². The van der Waals surface area contributed by atoms with Gasteiger partial charge in [0, 0.05) is 17.0 Å². The third-order valence-corrected chi connectivity index (χ3v) is 5.85. The maximum absolute atomic E-state index is 13.4. The number of hydrogen-bond acceptors (Lipinski definition) is 7. The molecule has 11 heteroatoms. The smallest absolute Gasteiger partial charge is 0.236 e. The van der Waals surface area contributed by atoms with Crippen LogP contribution in [0.5, 0.6) is 5.75 Å². The minimum Gasteiger partial charge on any atom is -0.497 e. The zero-order valence-corrected chi connectivity index (χ0v) is 17.7. The number of nitrogens with zero attached hydrogens (tertiary/aromatic N) is 4. The van der Waals surface area contributed by atoms with Crippen LogP contribution < -0.4 is 10.1 Å². The van der Waals surface area contributed by atoms with Gasteiger partial charge in [0.05, 0.1) is 24.2 Å². The second-order valence-corrected chi connectivity index (χ2v) is 7.99. The first-order valence-electron chi connectivity index (χ1n) is 8.91. The van der Waals surface area contributed by atoms with Crippen LogP contribution in [-0.2, 0) is 4.79 Å². The Bertz CT molecular complexity index is 1230. The molecule has 0 aliphatic rings. The van der Waals surface area contributed by atoms with Crippen LogP contribution in [0, 0.1) is 11.6 Å². The number of methoxy groups -OCH3 is 1. The third-order valence-electron chi connectivity index (χ3n) is 4.15. The maximum atomic E-state index is 13.4. The van der Waals surface area contributed by atoms with E-state index in [4.69, 9.17) is 4.74 Å². The van der Waals surface area contributed by atoms with Crippen molar-refractivity contribution >= 4 is 34.1 Å². The van der Waals surface area contributed by atoms with Crippen LogP contribution in [0.3, 0.4) is 0 Å². The summed E-state index contributed by atoms with van der Waals surface area (Å²) in [4.78, 5) is 16.6. The summed E-state index contributed by atoms with van der Waals surface area (Å²) in [5.74, 6) is -1.38. The minimum absolute atomic E-state index is 0.0861. The summed E-state index contributed by atoms with van der Waals surface area (Å²) in [6.45, 7) is 0. The van der Waals surface area contributed by atoms with Gasteiger partial charge in [0.2, 0.25) is 5.91 Å². The molecule has 2 aromatic heterocycles. The molecule has 0 spiro atoms. The van der Waals surface area contributed by atoms with Gasteiger partial charge in [-0.2, -0.15) is 0 Å². The first-order valence-corrected chi connectivity index (χ1v) is 10.8. The number of carbonyl (C=O) groups excluding carboxylic acids is 1. The fourth-order valence-corrected chi connectivity index (χ4v) is 4.13. The van der Waals surface area contributed by atoms with E-state index in [-0.39, 0.29) is 11.7 Å². The fourth-order valence-electron chi connectivity index (χ4n) is 2.66. The Kier molecular flexibility index (Phi) is 6.23. The molecule has 0 atom stereocenters. The number of nitrogens with one attached hydrogen (secondary N) is 1. The Morgan fingerprint density at radius 2 is 2.10 bits per heavy atom. The SMILES string of the molecule is COc1cccc(-n2cnnc2SCC(=O)Nc2nc(-c3ccc(F)c(F)c3)cs2)c1. The molecule has 31 heavy (non-hydrogen) atoms. The molecule has 0 bridgehead atoms. The highest BCUT2D eigenvalue weighted by Gasteiger charge is 2.13. The van der Waals surface area contributed by atoms with Crippen molar-refractivity contribution in [3.05, 3.63) is 65.8 Å². The van der Waals surface area contributed by atoms with Gasteiger partial charge in [-0.3, -0.25) is 9.36 Å². The Morgan fingerprint density at radius 3 is 2.90 bits per heavy atom. The lowest BCUT2D eigenvalue weighted by atomic mass is 10.2. The minimum atomic E-state index is -0.951. The second-order valence-electron chi connectivity index (χ2n) is 6.19. The predicted molar refractivity (Wildman–Crippen MR) is 115 cm³/mol.